The standard InChI is InChI=1S/C19H17ClN2O2/c1-2-19(24)22-11-14-7-8-16(9-15(14)12-22)21-18(23)10-13-5-3-4-6-17(13)20/h2-9H,1,10-12H2,(H,21,23). The zero-order valence-corrected chi connectivity index (χ0v) is 13.8. The number of fused-ring (bicyclic) bond motifs is 1. The van der Waals surface area contributed by atoms with E-state index in [2.05, 4.69) is 11.9 Å². The first kappa shape index (κ1) is 16.3. The third-order valence-corrected chi connectivity index (χ3v) is 4.38. The summed E-state index contributed by atoms with van der Waals surface area (Å²) < 4.78 is 0. The molecule has 2 aromatic carbocycles. The molecule has 4 nitrogen and oxygen atoms in total. The lowest BCUT2D eigenvalue weighted by Gasteiger charge is -2.11. The van der Waals surface area contributed by atoms with Gasteiger partial charge >= 0.3 is 0 Å². The molecule has 1 aliphatic heterocycles. The number of halogens is 1. The van der Waals surface area contributed by atoms with Crippen LogP contribution in [0.15, 0.2) is 55.1 Å². The number of benzene rings is 2. The van der Waals surface area contributed by atoms with Gasteiger partial charge < -0.3 is 10.2 Å². The monoisotopic (exact) mass is 340 g/mol. The van der Waals surface area contributed by atoms with E-state index in [-0.39, 0.29) is 18.2 Å². The maximum absolute atomic E-state index is 12.2. The first-order chi connectivity index (χ1) is 11.6. The van der Waals surface area contributed by atoms with Crippen LogP contribution in [0.3, 0.4) is 0 Å². The number of nitrogens with one attached hydrogen (secondary N) is 1. The van der Waals surface area contributed by atoms with Gasteiger partial charge in [-0.3, -0.25) is 9.59 Å². The molecule has 0 unspecified atom stereocenters. The molecule has 122 valence electrons. The Morgan fingerprint density at radius 2 is 1.92 bits per heavy atom. The lowest BCUT2D eigenvalue weighted by molar-refractivity contribution is -0.126. The summed E-state index contributed by atoms with van der Waals surface area (Å²) in [6.45, 7) is 4.63. The maximum atomic E-state index is 12.2. The number of amides is 2. The van der Waals surface area contributed by atoms with E-state index in [0.29, 0.717) is 18.1 Å². The van der Waals surface area contributed by atoms with Crippen LogP contribution in [0.2, 0.25) is 5.02 Å². The van der Waals surface area contributed by atoms with Crippen LogP contribution < -0.4 is 5.32 Å². The predicted molar refractivity (Wildman–Crippen MR) is 94.7 cm³/mol. The summed E-state index contributed by atoms with van der Waals surface area (Å²) in [4.78, 5) is 25.6. The van der Waals surface area contributed by atoms with Crippen molar-refractivity contribution < 1.29 is 9.59 Å². The quantitative estimate of drug-likeness (QED) is 0.865. The van der Waals surface area contributed by atoms with Crippen LogP contribution in [0.5, 0.6) is 0 Å². The predicted octanol–water partition coefficient (Wildman–Crippen LogP) is 3.55. The van der Waals surface area contributed by atoms with Crippen molar-refractivity contribution in [2.24, 2.45) is 0 Å². The highest BCUT2D eigenvalue weighted by Crippen LogP contribution is 2.26. The second-order valence-corrected chi connectivity index (χ2v) is 6.11. The molecule has 24 heavy (non-hydrogen) atoms. The molecule has 0 aliphatic carbocycles. The molecule has 3 rings (SSSR count). The van der Waals surface area contributed by atoms with Gasteiger partial charge in [0.25, 0.3) is 0 Å². The number of carbonyl (C=O) groups is 2. The van der Waals surface area contributed by atoms with Gasteiger partial charge in [-0.1, -0.05) is 42.4 Å². The van der Waals surface area contributed by atoms with Crippen LogP contribution >= 0.6 is 11.6 Å². The number of nitrogens with zero attached hydrogens (tertiary/aromatic N) is 1. The SMILES string of the molecule is C=CC(=O)N1Cc2ccc(NC(=O)Cc3ccccc3Cl)cc2C1. The number of rotatable bonds is 4. The minimum atomic E-state index is -0.125. The molecule has 0 saturated carbocycles. The lowest BCUT2D eigenvalue weighted by Crippen LogP contribution is -2.22. The minimum absolute atomic E-state index is 0.0875. The topological polar surface area (TPSA) is 49.4 Å². The first-order valence-electron chi connectivity index (χ1n) is 7.63. The normalized spacial score (nSPS) is 12.6. The summed E-state index contributed by atoms with van der Waals surface area (Å²) in [7, 11) is 0. The van der Waals surface area contributed by atoms with E-state index in [4.69, 9.17) is 11.6 Å². The fraction of sp³-hybridized carbons (Fsp3) is 0.158. The fourth-order valence-electron chi connectivity index (χ4n) is 2.78. The Hall–Kier alpha value is -2.59. The summed E-state index contributed by atoms with van der Waals surface area (Å²) in [5.41, 5.74) is 3.65. The Morgan fingerprint density at radius 3 is 2.67 bits per heavy atom. The molecule has 2 aromatic rings. The lowest BCUT2D eigenvalue weighted by atomic mass is 10.1. The van der Waals surface area contributed by atoms with Gasteiger partial charge in [0, 0.05) is 23.8 Å². The van der Waals surface area contributed by atoms with Gasteiger partial charge in [0.2, 0.25) is 11.8 Å². The zero-order chi connectivity index (χ0) is 17.1. The number of hydrogen-bond donors (Lipinski definition) is 1. The average Bonchev–Trinajstić information content (AvgIpc) is 2.99. The molecule has 1 aliphatic rings. The number of hydrogen-bond acceptors (Lipinski definition) is 2. The fourth-order valence-corrected chi connectivity index (χ4v) is 2.98. The van der Waals surface area contributed by atoms with Gasteiger partial charge in [-0.2, -0.15) is 0 Å². The van der Waals surface area contributed by atoms with Crippen molar-refractivity contribution in [1.82, 2.24) is 4.90 Å². The highest BCUT2D eigenvalue weighted by molar-refractivity contribution is 6.31. The van der Waals surface area contributed by atoms with E-state index in [0.717, 1.165) is 22.4 Å². The van der Waals surface area contributed by atoms with Gasteiger partial charge in [-0.25, -0.2) is 0 Å². The van der Waals surface area contributed by atoms with E-state index in [9.17, 15) is 9.59 Å². The van der Waals surface area contributed by atoms with Gasteiger partial charge in [-0.05, 0) is 41.0 Å². The van der Waals surface area contributed by atoms with Crippen molar-refractivity contribution >= 4 is 29.1 Å². The molecule has 0 aromatic heterocycles. The van der Waals surface area contributed by atoms with Crippen molar-refractivity contribution in [3.63, 3.8) is 0 Å². The van der Waals surface area contributed by atoms with Gasteiger partial charge in [0.05, 0.1) is 6.42 Å². The Balaban J connectivity index is 1.67. The summed E-state index contributed by atoms with van der Waals surface area (Å²) in [6.07, 6.45) is 1.54. The summed E-state index contributed by atoms with van der Waals surface area (Å²) in [5, 5.41) is 3.47. The molecule has 1 heterocycles. The first-order valence-corrected chi connectivity index (χ1v) is 8.01. The van der Waals surface area contributed by atoms with Crippen LogP contribution in [0, 0.1) is 0 Å². The minimum Gasteiger partial charge on any atom is -0.331 e. The second kappa shape index (κ2) is 6.89. The van der Waals surface area contributed by atoms with Crippen LogP contribution in [0.4, 0.5) is 5.69 Å². The average molecular weight is 341 g/mol. The molecule has 0 radical (unpaired) electrons. The van der Waals surface area contributed by atoms with Crippen LogP contribution in [-0.2, 0) is 29.1 Å². The Kier molecular flexibility index (Phi) is 4.67. The third kappa shape index (κ3) is 3.49. The molecule has 0 spiro atoms. The van der Waals surface area contributed by atoms with Gasteiger partial charge in [0.15, 0.2) is 0 Å². The van der Waals surface area contributed by atoms with Crippen LogP contribution in [0.1, 0.15) is 16.7 Å². The van der Waals surface area contributed by atoms with Crippen molar-refractivity contribution in [1.29, 1.82) is 0 Å². The summed E-state index contributed by atoms with van der Waals surface area (Å²) in [5.74, 6) is -0.212. The molecule has 0 bridgehead atoms. The van der Waals surface area contributed by atoms with Gasteiger partial charge in [-0.15, -0.1) is 0 Å². The van der Waals surface area contributed by atoms with Crippen LogP contribution in [-0.4, -0.2) is 16.7 Å². The highest BCUT2D eigenvalue weighted by Gasteiger charge is 2.22. The van der Waals surface area contributed by atoms with Crippen LogP contribution in [0.25, 0.3) is 0 Å². The van der Waals surface area contributed by atoms with E-state index in [1.54, 1.807) is 11.0 Å². The van der Waals surface area contributed by atoms with Crippen molar-refractivity contribution in [3.05, 3.63) is 76.8 Å². The molecule has 0 saturated heterocycles. The van der Waals surface area contributed by atoms with Crippen molar-refractivity contribution in [2.75, 3.05) is 5.32 Å². The molecule has 2 amide bonds. The van der Waals surface area contributed by atoms with E-state index in [1.807, 2.05) is 36.4 Å². The summed E-state index contributed by atoms with van der Waals surface area (Å²) >= 11 is 6.08. The second-order valence-electron chi connectivity index (χ2n) is 5.70. The largest absolute Gasteiger partial charge is 0.331 e. The summed E-state index contributed by atoms with van der Waals surface area (Å²) in [6, 6.07) is 13.0. The number of carbonyl (C=O) groups excluding carboxylic acids is 2. The molecule has 1 N–H and O–H groups in total. The Morgan fingerprint density at radius 1 is 1.17 bits per heavy atom. The van der Waals surface area contributed by atoms with E-state index in [1.165, 1.54) is 6.08 Å². The zero-order valence-electron chi connectivity index (χ0n) is 13.1. The molecule has 0 atom stereocenters. The molecular formula is C19H17ClN2O2. The molecular weight excluding hydrogens is 324 g/mol. The molecule has 5 heteroatoms. The van der Waals surface area contributed by atoms with Gasteiger partial charge in [0.1, 0.15) is 0 Å². The Labute approximate surface area is 145 Å². The highest BCUT2D eigenvalue weighted by atomic mass is 35.5. The maximum Gasteiger partial charge on any atom is 0.246 e. The van der Waals surface area contributed by atoms with E-state index >= 15 is 0 Å². The van der Waals surface area contributed by atoms with Crippen molar-refractivity contribution in [3.8, 4) is 0 Å². The third-order valence-electron chi connectivity index (χ3n) is 4.01. The number of anilines is 1. The smallest absolute Gasteiger partial charge is 0.246 e. The van der Waals surface area contributed by atoms with Crippen molar-refractivity contribution in [2.45, 2.75) is 19.5 Å². The molecule has 0 fully saturated rings. The Bertz CT molecular complexity index is 817. The van der Waals surface area contributed by atoms with E-state index < -0.39 is 0 Å².